The van der Waals surface area contributed by atoms with Crippen LogP contribution in [0.25, 0.3) is 0 Å². The van der Waals surface area contributed by atoms with Gasteiger partial charge in [0.25, 0.3) is 0 Å². The molecular weight excluding hydrogens is 270 g/mol. The Hall–Kier alpha value is -2.27. The maximum absolute atomic E-state index is 8.83. The van der Waals surface area contributed by atoms with E-state index in [-0.39, 0.29) is 0 Å². The molecule has 0 radical (unpaired) electrons. The molecule has 0 aromatic heterocycles. The second kappa shape index (κ2) is 7.13. The van der Waals surface area contributed by atoms with Crippen LogP contribution < -0.4 is 4.74 Å². The zero-order valence-electron chi connectivity index (χ0n) is 13.8. The number of hydrogen-bond donors (Lipinski definition) is 0. The molecule has 2 heteroatoms. The first kappa shape index (κ1) is 16.1. The monoisotopic (exact) mass is 293 g/mol. The summed E-state index contributed by atoms with van der Waals surface area (Å²) in [5.41, 5.74) is 3.39. The summed E-state index contributed by atoms with van der Waals surface area (Å²) >= 11 is 0. The predicted octanol–water partition coefficient (Wildman–Crippen LogP) is 5.67. The van der Waals surface area contributed by atoms with Gasteiger partial charge in [-0.1, -0.05) is 33.8 Å². The molecule has 0 atom stereocenters. The average molecular weight is 293 g/mol. The molecule has 0 fully saturated rings. The van der Waals surface area contributed by atoms with E-state index in [9.17, 15) is 0 Å². The number of nitriles is 1. The Bertz CT molecular complexity index is 663. The summed E-state index contributed by atoms with van der Waals surface area (Å²) in [5.74, 6) is 2.73. The molecule has 0 aliphatic rings. The first-order valence-electron chi connectivity index (χ1n) is 7.80. The van der Waals surface area contributed by atoms with Gasteiger partial charge in [-0.2, -0.15) is 5.26 Å². The van der Waals surface area contributed by atoms with Crippen molar-refractivity contribution in [2.24, 2.45) is 5.92 Å². The van der Waals surface area contributed by atoms with Gasteiger partial charge in [-0.25, -0.2) is 0 Å². The van der Waals surface area contributed by atoms with Crippen molar-refractivity contribution in [1.82, 2.24) is 0 Å². The molecule has 0 aliphatic carbocycles. The Balaban J connectivity index is 2.25. The van der Waals surface area contributed by atoms with E-state index < -0.39 is 0 Å². The third-order valence-corrected chi connectivity index (χ3v) is 3.58. The normalized spacial score (nSPS) is 10.8. The molecular formula is C20H23NO. The van der Waals surface area contributed by atoms with Crippen molar-refractivity contribution in [2.75, 3.05) is 0 Å². The van der Waals surface area contributed by atoms with Crippen LogP contribution in [0.15, 0.2) is 42.5 Å². The van der Waals surface area contributed by atoms with Gasteiger partial charge >= 0.3 is 0 Å². The fourth-order valence-corrected chi connectivity index (χ4v) is 2.56. The van der Waals surface area contributed by atoms with Crippen LogP contribution in [0.2, 0.25) is 0 Å². The summed E-state index contributed by atoms with van der Waals surface area (Å²) in [6.07, 6.45) is 1.05. The molecule has 2 rings (SSSR count). The summed E-state index contributed by atoms with van der Waals surface area (Å²) in [6.45, 7) is 8.91. The summed E-state index contributed by atoms with van der Waals surface area (Å²) in [7, 11) is 0. The molecule has 0 spiro atoms. The minimum absolute atomic E-state index is 0.512. The Kier molecular flexibility index (Phi) is 5.22. The third kappa shape index (κ3) is 4.11. The number of rotatable bonds is 5. The lowest BCUT2D eigenvalue weighted by molar-refractivity contribution is 0.480. The van der Waals surface area contributed by atoms with Crippen LogP contribution in [-0.2, 0) is 6.42 Å². The maximum Gasteiger partial charge on any atom is 0.127 e. The predicted molar refractivity (Wildman–Crippen MR) is 90.3 cm³/mol. The summed E-state index contributed by atoms with van der Waals surface area (Å²) in [6, 6.07) is 15.7. The van der Waals surface area contributed by atoms with Gasteiger partial charge in [0.05, 0.1) is 11.6 Å². The van der Waals surface area contributed by atoms with E-state index in [1.54, 1.807) is 12.1 Å². The van der Waals surface area contributed by atoms with Crippen molar-refractivity contribution in [1.29, 1.82) is 5.26 Å². The van der Waals surface area contributed by atoms with E-state index in [1.165, 1.54) is 11.1 Å². The van der Waals surface area contributed by atoms with Crippen LogP contribution in [0.5, 0.6) is 11.5 Å². The Morgan fingerprint density at radius 2 is 1.59 bits per heavy atom. The second-order valence-corrected chi connectivity index (χ2v) is 6.35. The zero-order valence-corrected chi connectivity index (χ0v) is 13.8. The van der Waals surface area contributed by atoms with E-state index >= 15 is 0 Å². The Morgan fingerprint density at radius 3 is 2.14 bits per heavy atom. The highest BCUT2D eigenvalue weighted by atomic mass is 16.5. The van der Waals surface area contributed by atoms with Gasteiger partial charge in [-0.15, -0.1) is 0 Å². The molecule has 2 nitrogen and oxygen atoms in total. The van der Waals surface area contributed by atoms with Crippen LogP contribution in [0.3, 0.4) is 0 Å². The maximum atomic E-state index is 8.83. The standard InChI is InChI=1S/C20H23NO/c1-14(2)11-17-12-19(9-10-20(17)15(3)4)22-18-7-5-16(13-21)6-8-18/h5-10,12,14-15H,11H2,1-4H3. The number of hydrogen-bond acceptors (Lipinski definition) is 2. The highest BCUT2D eigenvalue weighted by molar-refractivity contribution is 5.41. The lowest BCUT2D eigenvalue weighted by atomic mass is 9.91. The van der Waals surface area contributed by atoms with Gasteiger partial charge < -0.3 is 4.74 Å². The molecule has 0 saturated carbocycles. The van der Waals surface area contributed by atoms with Gasteiger partial charge in [0.1, 0.15) is 11.5 Å². The second-order valence-electron chi connectivity index (χ2n) is 6.35. The molecule has 0 heterocycles. The topological polar surface area (TPSA) is 33.0 Å². The SMILES string of the molecule is CC(C)Cc1cc(Oc2ccc(C#N)cc2)ccc1C(C)C. The Labute approximate surface area is 133 Å². The van der Waals surface area contributed by atoms with Gasteiger partial charge in [0.2, 0.25) is 0 Å². The van der Waals surface area contributed by atoms with Crippen LogP contribution in [-0.4, -0.2) is 0 Å². The van der Waals surface area contributed by atoms with E-state index in [4.69, 9.17) is 10.00 Å². The van der Waals surface area contributed by atoms with Crippen LogP contribution in [0.1, 0.15) is 50.3 Å². The van der Waals surface area contributed by atoms with E-state index in [1.807, 2.05) is 18.2 Å². The first-order valence-corrected chi connectivity index (χ1v) is 7.80. The first-order chi connectivity index (χ1) is 10.5. The van der Waals surface area contributed by atoms with Crippen molar-refractivity contribution in [3.63, 3.8) is 0 Å². The molecule has 0 saturated heterocycles. The van der Waals surface area contributed by atoms with Gasteiger partial charge in [0, 0.05) is 0 Å². The minimum Gasteiger partial charge on any atom is -0.457 e. The molecule has 0 unspecified atom stereocenters. The van der Waals surface area contributed by atoms with E-state index in [0.717, 1.165) is 17.9 Å². The summed E-state index contributed by atoms with van der Waals surface area (Å²) < 4.78 is 5.93. The molecule has 0 N–H and O–H groups in total. The molecule has 22 heavy (non-hydrogen) atoms. The zero-order chi connectivity index (χ0) is 16.1. The van der Waals surface area contributed by atoms with E-state index in [0.29, 0.717) is 17.4 Å². The highest BCUT2D eigenvalue weighted by Crippen LogP contribution is 2.29. The van der Waals surface area contributed by atoms with Crippen LogP contribution >= 0.6 is 0 Å². The molecule has 0 aliphatic heterocycles. The van der Waals surface area contributed by atoms with Crippen molar-refractivity contribution in [3.05, 3.63) is 59.2 Å². The largest absolute Gasteiger partial charge is 0.457 e. The smallest absolute Gasteiger partial charge is 0.127 e. The van der Waals surface area contributed by atoms with Crippen molar-refractivity contribution in [2.45, 2.75) is 40.0 Å². The van der Waals surface area contributed by atoms with Crippen molar-refractivity contribution < 1.29 is 4.74 Å². The lowest BCUT2D eigenvalue weighted by Crippen LogP contribution is -2.01. The molecule has 0 amide bonds. The van der Waals surface area contributed by atoms with Crippen molar-refractivity contribution >= 4 is 0 Å². The lowest BCUT2D eigenvalue weighted by Gasteiger charge is -2.16. The fraction of sp³-hybridized carbons (Fsp3) is 0.350. The highest BCUT2D eigenvalue weighted by Gasteiger charge is 2.10. The van der Waals surface area contributed by atoms with Gasteiger partial charge in [-0.3, -0.25) is 0 Å². The van der Waals surface area contributed by atoms with Gasteiger partial charge in [-0.05, 0) is 65.8 Å². The van der Waals surface area contributed by atoms with E-state index in [2.05, 4.69) is 45.9 Å². The average Bonchev–Trinajstić information content (AvgIpc) is 2.47. The molecule has 0 bridgehead atoms. The number of nitrogens with zero attached hydrogens (tertiary/aromatic N) is 1. The van der Waals surface area contributed by atoms with Gasteiger partial charge in [0.15, 0.2) is 0 Å². The molecule has 2 aromatic rings. The third-order valence-electron chi connectivity index (χ3n) is 3.58. The van der Waals surface area contributed by atoms with Crippen LogP contribution in [0.4, 0.5) is 0 Å². The summed E-state index contributed by atoms with van der Waals surface area (Å²) in [5, 5.41) is 8.83. The fourth-order valence-electron chi connectivity index (χ4n) is 2.56. The molecule has 2 aromatic carbocycles. The van der Waals surface area contributed by atoms with Crippen molar-refractivity contribution in [3.8, 4) is 17.6 Å². The number of benzene rings is 2. The quantitative estimate of drug-likeness (QED) is 0.711. The minimum atomic E-state index is 0.512. The summed E-state index contributed by atoms with van der Waals surface area (Å²) in [4.78, 5) is 0. The van der Waals surface area contributed by atoms with Crippen LogP contribution in [0, 0.1) is 17.2 Å². The Morgan fingerprint density at radius 1 is 0.955 bits per heavy atom. The number of ether oxygens (including phenoxy) is 1. The molecule has 114 valence electrons.